The van der Waals surface area contributed by atoms with E-state index in [-0.39, 0.29) is 11.7 Å². The van der Waals surface area contributed by atoms with E-state index in [9.17, 15) is 9.59 Å². The van der Waals surface area contributed by atoms with Gasteiger partial charge in [0.05, 0.1) is 17.7 Å². The standard InChI is InChI=1S/C22H20N4O3S/c1-13-5-7-16(8-6-13)19-20(14(2)27)30-22-24-23-21(26(22)25(19)15(3)28)17-9-11-18(29-4)12-10-17/h5-12H,1-4H3. The maximum absolute atomic E-state index is 12.8. The van der Waals surface area contributed by atoms with Crippen LogP contribution in [0.15, 0.2) is 58.6 Å². The van der Waals surface area contributed by atoms with Crippen molar-refractivity contribution in [1.29, 1.82) is 0 Å². The predicted molar refractivity (Wildman–Crippen MR) is 116 cm³/mol. The smallest absolute Gasteiger partial charge is 0.243 e. The highest BCUT2D eigenvalue weighted by atomic mass is 32.2. The highest BCUT2D eigenvalue weighted by Crippen LogP contribution is 2.41. The van der Waals surface area contributed by atoms with Crippen LogP contribution in [0.2, 0.25) is 0 Å². The van der Waals surface area contributed by atoms with Gasteiger partial charge in [0.1, 0.15) is 5.75 Å². The van der Waals surface area contributed by atoms with Crippen LogP contribution in [0.1, 0.15) is 25.0 Å². The maximum atomic E-state index is 12.8. The topological polar surface area (TPSA) is 77.3 Å². The summed E-state index contributed by atoms with van der Waals surface area (Å²) in [5, 5.41) is 10.5. The zero-order valence-corrected chi connectivity index (χ0v) is 17.9. The number of rotatable bonds is 4. The fraction of sp³-hybridized carbons (Fsp3) is 0.182. The minimum absolute atomic E-state index is 0.137. The highest BCUT2D eigenvalue weighted by molar-refractivity contribution is 8.04. The predicted octanol–water partition coefficient (Wildman–Crippen LogP) is 3.81. The number of Topliss-reactive ketones (excluding diaryl/α,β-unsaturated/α-hetero) is 1. The Labute approximate surface area is 178 Å². The van der Waals surface area contributed by atoms with Crippen LogP contribution < -0.4 is 9.75 Å². The fourth-order valence-corrected chi connectivity index (χ4v) is 4.23. The van der Waals surface area contributed by atoms with Crippen LogP contribution in [0.25, 0.3) is 17.1 Å². The molecule has 0 aliphatic carbocycles. The third kappa shape index (κ3) is 3.39. The van der Waals surface area contributed by atoms with Gasteiger partial charge in [0, 0.05) is 18.1 Å². The van der Waals surface area contributed by atoms with E-state index in [4.69, 9.17) is 4.74 Å². The van der Waals surface area contributed by atoms with Crippen molar-refractivity contribution in [2.45, 2.75) is 25.9 Å². The van der Waals surface area contributed by atoms with Gasteiger partial charge in [-0.05, 0) is 49.9 Å². The molecule has 152 valence electrons. The number of carbonyl (C=O) groups is 2. The summed E-state index contributed by atoms with van der Waals surface area (Å²) in [7, 11) is 1.60. The van der Waals surface area contributed by atoms with Gasteiger partial charge in [0.15, 0.2) is 11.6 Å². The quantitative estimate of drug-likeness (QED) is 0.639. The largest absolute Gasteiger partial charge is 0.497 e. The molecule has 4 rings (SSSR count). The number of carbonyl (C=O) groups excluding carboxylic acids is 2. The lowest BCUT2D eigenvalue weighted by atomic mass is 10.1. The zero-order valence-electron chi connectivity index (χ0n) is 17.0. The van der Waals surface area contributed by atoms with E-state index in [0.29, 0.717) is 27.3 Å². The molecular weight excluding hydrogens is 400 g/mol. The molecule has 2 heterocycles. The van der Waals surface area contributed by atoms with Gasteiger partial charge in [-0.25, -0.2) is 5.01 Å². The first-order valence-electron chi connectivity index (χ1n) is 9.31. The molecule has 8 heteroatoms. The van der Waals surface area contributed by atoms with Crippen LogP contribution in [0.3, 0.4) is 0 Å². The van der Waals surface area contributed by atoms with E-state index in [1.807, 2.05) is 55.5 Å². The summed E-state index contributed by atoms with van der Waals surface area (Å²) in [6, 6.07) is 15.1. The van der Waals surface area contributed by atoms with Crippen molar-refractivity contribution in [2.75, 3.05) is 12.1 Å². The lowest BCUT2D eigenvalue weighted by Gasteiger charge is -2.32. The number of hydrogen-bond acceptors (Lipinski definition) is 6. The highest BCUT2D eigenvalue weighted by Gasteiger charge is 2.35. The third-order valence-electron chi connectivity index (χ3n) is 4.72. The molecule has 0 bridgehead atoms. The van der Waals surface area contributed by atoms with Crippen molar-refractivity contribution in [3.63, 3.8) is 0 Å². The molecule has 30 heavy (non-hydrogen) atoms. The van der Waals surface area contributed by atoms with Gasteiger partial charge in [0.2, 0.25) is 11.1 Å². The van der Waals surface area contributed by atoms with Gasteiger partial charge >= 0.3 is 0 Å². The number of amides is 1. The summed E-state index contributed by atoms with van der Waals surface area (Å²) in [6.07, 6.45) is 0. The second-order valence-electron chi connectivity index (χ2n) is 6.88. The summed E-state index contributed by atoms with van der Waals surface area (Å²) in [4.78, 5) is 25.8. The second-order valence-corrected chi connectivity index (χ2v) is 7.86. The van der Waals surface area contributed by atoms with Gasteiger partial charge < -0.3 is 4.74 Å². The van der Waals surface area contributed by atoms with Gasteiger partial charge in [-0.15, -0.1) is 10.2 Å². The molecule has 1 amide bonds. The number of allylic oxidation sites excluding steroid dienone is 1. The molecule has 0 fully saturated rings. The number of thioether (sulfide) groups is 1. The first-order chi connectivity index (χ1) is 14.4. The number of benzene rings is 2. The number of methoxy groups -OCH3 is 1. The molecule has 1 aromatic heterocycles. The Balaban J connectivity index is 1.92. The number of ether oxygens (including phenoxy) is 1. The van der Waals surface area contributed by atoms with Crippen molar-refractivity contribution < 1.29 is 14.3 Å². The van der Waals surface area contributed by atoms with Crippen LogP contribution in [-0.4, -0.2) is 33.7 Å². The Morgan fingerprint density at radius 2 is 1.57 bits per heavy atom. The molecule has 0 spiro atoms. The summed E-state index contributed by atoms with van der Waals surface area (Å²) < 4.78 is 6.89. The Bertz CT molecular complexity index is 1160. The van der Waals surface area contributed by atoms with E-state index in [1.54, 1.807) is 11.8 Å². The Morgan fingerprint density at radius 1 is 0.933 bits per heavy atom. The number of nitrogens with zero attached hydrogens (tertiary/aromatic N) is 4. The molecule has 2 aromatic carbocycles. The van der Waals surface area contributed by atoms with Crippen LogP contribution in [0.4, 0.5) is 0 Å². The number of hydrogen-bond donors (Lipinski definition) is 0. The lowest BCUT2D eigenvalue weighted by Crippen LogP contribution is -2.41. The van der Waals surface area contributed by atoms with Crippen molar-refractivity contribution in [3.8, 4) is 17.1 Å². The van der Waals surface area contributed by atoms with Gasteiger partial charge in [-0.3, -0.25) is 9.59 Å². The van der Waals surface area contributed by atoms with Crippen molar-refractivity contribution in [3.05, 3.63) is 64.6 Å². The lowest BCUT2D eigenvalue weighted by molar-refractivity contribution is -0.117. The minimum atomic E-state index is -0.250. The van der Waals surface area contributed by atoms with Crippen molar-refractivity contribution in [2.24, 2.45) is 0 Å². The molecule has 0 atom stereocenters. The zero-order chi connectivity index (χ0) is 21.4. The van der Waals surface area contributed by atoms with E-state index in [0.717, 1.165) is 16.7 Å². The maximum Gasteiger partial charge on any atom is 0.243 e. The Kier molecular flexibility index (Phi) is 5.17. The molecule has 0 saturated carbocycles. The SMILES string of the molecule is COc1ccc(-c2nnc3n2N(C(C)=O)C(c2ccc(C)cc2)=C(C(C)=O)S3)cc1. The average Bonchev–Trinajstić information content (AvgIpc) is 3.16. The first-order valence-corrected chi connectivity index (χ1v) is 10.1. The molecule has 3 aromatic rings. The molecule has 1 aliphatic rings. The normalized spacial score (nSPS) is 13.3. The van der Waals surface area contributed by atoms with E-state index >= 15 is 0 Å². The summed E-state index contributed by atoms with van der Waals surface area (Å²) in [5.41, 5.74) is 3.16. The Hall–Kier alpha value is -3.39. The monoisotopic (exact) mass is 420 g/mol. The van der Waals surface area contributed by atoms with Crippen LogP contribution >= 0.6 is 11.8 Å². The summed E-state index contributed by atoms with van der Waals surface area (Å²) in [5.74, 6) is 0.833. The number of fused-ring (bicyclic) bond motifs is 1. The number of aromatic nitrogens is 3. The van der Waals surface area contributed by atoms with Crippen LogP contribution in [-0.2, 0) is 9.59 Å². The first kappa shape index (κ1) is 19.9. The number of ketones is 1. The van der Waals surface area contributed by atoms with E-state index < -0.39 is 0 Å². The van der Waals surface area contributed by atoms with Crippen molar-refractivity contribution in [1.82, 2.24) is 14.9 Å². The molecule has 0 saturated heterocycles. The van der Waals surface area contributed by atoms with E-state index in [2.05, 4.69) is 10.2 Å². The van der Waals surface area contributed by atoms with Crippen molar-refractivity contribution >= 4 is 29.1 Å². The molecule has 1 aliphatic heterocycles. The summed E-state index contributed by atoms with van der Waals surface area (Å²) >= 11 is 1.22. The fourth-order valence-electron chi connectivity index (χ4n) is 3.27. The Morgan fingerprint density at radius 3 is 2.13 bits per heavy atom. The minimum Gasteiger partial charge on any atom is -0.497 e. The van der Waals surface area contributed by atoms with E-state index in [1.165, 1.54) is 30.6 Å². The second kappa shape index (κ2) is 7.79. The molecule has 0 unspecified atom stereocenters. The molecule has 0 N–H and O–H groups in total. The molecule has 7 nitrogen and oxygen atoms in total. The average molecular weight is 420 g/mol. The van der Waals surface area contributed by atoms with Crippen LogP contribution in [0.5, 0.6) is 5.75 Å². The third-order valence-corrected chi connectivity index (χ3v) is 5.85. The van der Waals surface area contributed by atoms with Gasteiger partial charge in [-0.1, -0.05) is 29.8 Å². The molecule has 0 radical (unpaired) electrons. The summed E-state index contributed by atoms with van der Waals surface area (Å²) in [6.45, 7) is 4.94. The van der Waals surface area contributed by atoms with Gasteiger partial charge in [-0.2, -0.15) is 4.68 Å². The van der Waals surface area contributed by atoms with Crippen LogP contribution in [0, 0.1) is 6.92 Å². The molecular formula is C22H20N4O3S. The number of aryl methyl sites for hydroxylation is 1. The van der Waals surface area contributed by atoms with Gasteiger partial charge in [0.25, 0.3) is 0 Å².